The molecule has 0 saturated carbocycles. The second-order valence-corrected chi connectivity index (χ2v) is 10.9. The summed E-state index contributed by atoms with van der Waals surface area (Å²) in [6, 6.07) is 38.4. The Morgan fingerprint density at radius 3 is 1.69 bits per heavy atom. The van der Waals surface area contributed by atoms with Gasteiger partial charge in [-0.3, -0.25) is 0 Å². The van der Waals surface area contributed by atoms with Crippen molar-refractivity contribution >= 4 is 33.8 Å². The predicted octanol–water partition coefficient (Wildman–Crippen LogP) is 5.42. The van der Waals surface area contributed by atoms with E-state index in [0.29, 0.717) is 0 Å². The maximum Gasteiger partial charge on any atom is 0.0146 e. The van der Waals surface area contributed by atoms with Gasteiger partial charge in [0, 0.05) is 28.4 Å². The van der Waals surface area contributed by atoms with E-state index >= 15 is 0 Å². The maximum atomic E-state index is 6.18. The van der Waals surface area contributed by atoms with Crippen LogP contribution < -0.4 is 15.9 Å². The topological polar surface area (TPSA) is 0 Å². The number of hydrogen-bond donors (Lipinski definition) is 0. The van der Waals surface area contributed by atoms with E-state index in [1.165, 1.54) is 16.2 Å². The van der Waals surface area contributed by atoms with Crippen molar-refractivity contribution in [3.8, 4) is 0 Å². The fourth-order valence-corrected chi connectivity index (χ4v) is 6.66. The molecule has 0 heterocycles. The number of benzene rings is 4. The summed E-state index contributed by atoms with van der Waals surface area (Å²) >= 11 is 6.18. The van der Waals surface area contributed by atoms with Gasteiger partial charge in [-0.2, -0.15) is 55.0 Å². The molecule has 4 rings (SSSR count). The molecule has 4 aromatic carbocycles. The summed E-state index contributed by atoms with van der Waals surface area (Å²) in [4.78, 5) is 0. The van der Waals surface area contributed by atoms with Crippen LogP contribution in [0.5, 0.6) is 0 Å². The van der Waals surface area contributed by atoms with Crippen LogP contribution in [0.4, 0.5) is 0 Å². The van der Waals surface area contributed by atoms with E-state index in [1.807, 2.05) is 42.5 Å². The van der Waals surface area contributed by atoms with Crippen molar-refractivity contribution in [2.45, 2.75) is 6.92 Å². The van der Waals surface area contributed by atoms with Crippen LogP contribution in [0.2, 0.25) is 0 Å². The third kappa shape index (κ3) is 6.06. The van der Waals surface area contributed by atoms with Crippen LogP contribution in [0.25, 0.3) is 0 Å². The summed E-state index contributed by atoms with van der Waals surface area (Å²) in [5.41, 5.74) is 2.36. The first-order chi connectivity index (χ1) is 13.6. The van der Waals surface area contributed by atoms with Gasteiger partial charge in [0.05, 0.1) is 0 Å². The van der Waals surface area contributed by atoms with Gasteiger partial charge in [0.25, 0.3) is 0 Å². The number of hydrogen-bond acceptors (Lipinski definition) is 1. The molecule has 1 radical (unpaired) electrons. The molecule has 3 heteroatoms. The van der Waals surface area contributed by atoms with E-state index < -0.39 is 6.04 Å². The Balaban J connectivity index is 0.000000283. The van der Waals surface area contributed by atoms with Crippen molar-refractivity contribution < 1.29 is 22.4 Å². The molecule has 29 heavy (non-hydrogen) atoms. The summed E-state index contributed by atoms with van der Waals surface area (Å²) in [5, 5.41) is 3.54. The summed E-state index contributed by atoms with van der Waals surface area (Å²) in [7, 11) is 0. The van der Waals surface area contributed by atoms with E-state index in [-0.39, 0.29) is 22.4 Å². The normalized spacial score (nSPS) is 10.2. The molecule has 0 nitrogen and oxygen atoms in total. The monoisotopic (exact) mass is 595 g/mol. The smallest absolute Gasteiger partial charge is 0.0146 e. The summed E-state index contributed by atoms with van der Waals surface area (Å²) in [5.74, 6) is 0. The number of aryl methyl sites for hydroxylation is 1. The first kappa shape index (κ1) is 23.4. The van der Waals surface area contributed by atoms with Gasteiger partial charge in [-0.15, -0.1) is 16.9 Å². The predicted molar refractivity (Wildman–Crippen MR) is 127 cm³/mol. The fraction of sp³-hybridized carbons (Fsp3) is 0.0385. The molecule has 0 atom stereocenters. The molecule has 0 spiro atoms. The van der Waals surface area contributed by atoms with Gasteiger partial charge < -0.3 is 0 Å². The Morgan fingerprint density at radius 1 is 0.724 bits per heavy atom. The Labute approximate surface area is 195 Å². The standard InChI is InChI=1S/C18H14PS.C8H9.Au/c20-19(16-10-4-1-5-11-16,17-12-6-2-7-13-17)18-14-8-3-9-15-18;1-7-4-3-5-8(2)6-7;/h1-14H;3-6H,1H2,2H3;/q2*-1;. The molecule has 0 aromatic heterocycles. The van der Waals surface area contributed by atoms with Gasteiger partial charge in [0.15, 0.2) is 0 Å². The first-order valence-electron chi connectivity index (χ1n) is 9.18. The van der Waals surface area contributed by atoms with E-state index in [9.17, 15) is 0 Å². The Hall–Kier alpha value is -1.86. The zero-order valence-electron chi connectivity index (χ0n) is 16.3. The molecule has 0 saturated heterocycles. The third-order valence-electron chi connectivity index (χ3n) is 4.35. The van der Waals surface area contributed by atoms with Crippen LogP contribution in [0.1, 0.15) is 11.1 Å². The van der Waals surface area contributed by atoms with E-state index in [4.69, 9.17) is 11.8 Å². The third-order valence-corrected chi connectivity index (χ3v) is 9.22. The molecule has 0 fully saturated rings. The second kappa shape index (κ2) is 11.4. The molecule has 4 aromatic rings. The van der Waals surface area contributed by atoms with Gasteiger partial charge >= 0.3 is 0 Å². The largest absolute Gasteiger partial charge is 0.199 e. The quantitative estimate of drug-likeness (QED) is 0.173. The summed E-state index contributed by atoms with van der Waals surface area (Å²) in [6.07, 6.45) is 0. The van der Waals surface area contributed by atoms with Crippen LogP contribution in [-0.2, 0) is 34.2 Å². The van der Waals surface area contributed by atoms with Gasteiger partial charge in [-0.1, -0.05) is 85.5 Å². The van der Waals surface area contributed by atoms with Crippen molar-refractivity contribution in [1.82, 2.24) is 0 Å². The van der Waals surface area contributed by atoms with Crippen molar-refractivity contribution in [1.29, 1.82) is 0 Å². The minimum absolute atomic E-state index is 0. The van der Waals surface area contributed by atoms with Crippen LogP contribution in [0, 0.1) is 19.9 Å². The average molecular weight is 595 g/mol. The van der Waals surface area contributed by atoms with Crippen molar-refractivity contribution in [2.24, 2.45) is 0 Å². The zero-order valence-corrected chi connectivity index (χ0v) is 20.1. The van der Waals surface area contributed by atoms with Crippen LogP contribution in [0.15, 0.2) is 109 Å². The first-order valence-corrected chi connectivity index (χ1v) is 12.0. The van der Waals surface area contributed by atoms with E-state index in [1.54, 1.807) is 0 Å². The molecule has 0 aliphatic heterocycles. The van der Waals surface area contributed by atoms with E-state index in [2.05, 4.69) is 86.6 Å². The number of rotatable bonds is 3. The SMILES string of the molecule is S=P(c1[c-]cccc1)(c1ccccc1)c1ccccc1.[Au].[CH2-]c1cccc(C)c1. The van der Waals surface area contributed by atoms with Crippen molar-refractivity contribution in [3.05, 3.63) is 133 Å². The van der Waals surface area contributed by atoms with Gasteiger partial charge in [-0.25, -0.2) is 0 Å². The van der Waals surface area contributed by atoms with Crippen LogP contribution in [-0.4, -0.2) is 0 Å². The average Bonchev–Trinajstić information content (AvgIpc) is 2.75. The molecular weight excluding hydrogens is 572 g/mol. The molecule has 0 amide bonds. The van der Waals surface area contributed by atoms with Crippen LogP contribution in [0.3, 0.4) is 0 Å². The minimum Gasteiger partial charge on any atom is -0.199 e. The Kier molecular flexibility index (Phi) is 9.17. The van der Waals surface area contributed by atoms with Gasteiger partial charge in [0.2, 0.25) is 0 Å². The van der Waals surface area contributed by atoms with Crippen LogP contribution >= 0.6 is 6.04 Å². The maximum absolute atomic E-state index is 6.18. The van der Waals surface area contributed by atoms with Gasteiger partial charge in [-0.05, 0) is 10.6 Å². The van der Waals surface area contributed by atoms with Crippen molar-refractivity contribution in [2.75, 3.05) is 0 Å². The van der Waals surface area contributed by atoms with Crippen molar-refractivity contribution in [3.63, 3.8) is 0 Å². The van der Waals surface area contributed by atoms with Gasteiger partial charge in [0.1, 0.15) is 0 Å². The molecule has 0 aliphatic rings. The summed E-state index contributed by atoms with van der Waals surface area (Å²) in [6.45, 7) is 5.85. The molecular formula is C26H23AuPS-2. The van der Waals surface area contributed by atoms with E-state index in [0.717, 1.165) is 10.9 Å². The molecule has 0 aliphatic carbocycles. The molecule has 0 unspecified atom stereocenters. The Morgan fingerprint density at radius 2 is 1.28 bits per heavy atom. The molecule has 0 N–H and O–H groups in total. The Bertz CT molecular complexity index is 927. The molecule has 151 valence electrons. The minimum atomic E-state index is -2.00. The molecule has 0 bridgehead atoms. The second-order valence-electron chi connectivity index (χ2n) is 6.52. The fourth-order valence-electron chi connectivity index (χ4n) is 2.99. The summed E-state index contributed by atoms with van der Waals surface area (Å²) < 4.78 is 0. The zero-order chi connectivity index (χ0) is 19.8.